The molecule has 0 bridgehead atoms. The summed E-state index contributed by atoms with van der Waals surface area (Å²) in [6.07, 6.45) is 3.87. The summed E-state index contributed by atoms with van der Waals surface area (Å²) >= 11 is 0. The molecular weight excluding hydrogens is 354 g/mol. The van der Waals surface area contributed by atoms with Crippen LogP contribution in [-0.2, 0) is 0 Å². The van der Waals surface area contributed by atoms with Crippen LogP contribution in [0.1, 0.15) is 19.8 Å². The van der Waals surface area contributed by atoms with Gasteiger partial charge in [0.05, 0.1) is 13.7 Å². The summed E-state index contributed by atoms with van der Waals surface area (Å²) in [5.41, 5.74) is 0. The molecule has 0 spiro atoms. The molecular formula is C21H31N5O2. The number of rotatable bonds is 11. The van der Waals surface area contributed by atoms with Crippen molar-refractivity contribution in [3.63, 3.8) is 0 Å². The zero-order chi connectivity index (χ0) is 20.0. The highest BCUT2D eigenvalue weighted by molar-refractivity contribution is 5.79. The van der Waals surface area contributed by atoms with Gasteiger partial charge in [0, 0.05) is 32.4 Å². The Hall–Kier alpha value is -2.96. The van der Waals surface area contributed by atoms with Crippen molar-refractivity contribution < 1.29 is 9.47 Å². The number of pyridine rings is 1. The molecule has 7 nitrogen and oxygen atoms in total. The molecule has 152 valence electrons. The molecule has 1 aromatic heterocycles. The third-order valence-corrected chi connectivity index (χ3v) is 4.03. The lowest BCUT2D eigenvalue weighted by Gasteiger charge is -2.18. The average Bonchev–Trinajstić information content (AvgIpc) is 2.73. The van der Waals surface area contributed by atoms with Gasteiger partial charge in [-0.15, -0.1) is 0 Å². The van der Waals surface area contributed by atoms with Gasteiger partial charge in [0.1, 0.15) is 23.4 Å². The van der Waals surface area contributed by atoms with E-state index in [1.54, 1.807) is 20.4 Å². The average molecular weight is 386 g/mol. The molecule has 3 N–H and O–H groups in total. The Balaban J connectivity index is 1.58. The monoisotopic (exact) mass is 385 g/mol. The van der Waals surface area contributed by atoms with Gasteiger partial charge in [-0.1, -0.05) is 12.1 Å². The molecule has 1 heterocycles. The Kier molecular flexibility index (Phi) is 9.47. The van der Waals surface area contributed by atoms with Gasteiger partial charge in [-0.05, 0) is 44.0 Å². The first-order valence-corrected chi connectivity index (χ1v) is 9.61. The Bertz CT molecular complexity index is 709. The number of hydrogen-bond donors (Lipinski definition) is 3. The molecule has 1 unspecified atom stereocenters. The van der Waals surface area contributed by atoms with Crippen molar-refractivity contribution in [1.29, 1.82) is 0 Å². The van der Waals surface area contributed by atoms with Crippen molar-refractivity contribution in [3.05, 3.63) is 48.7 Å². The van der Waals surface area contributed by atoms with Gasteiger partial charge < -0.3 is 25.4 Å². The molecule has 1 aromatic carbocycles. The minimum atomic E-state index is -0.00627. The zero-order valence-electron chi connectivity index (χ0n) is 16.9. The predicted octanol–water partition coefficient (Wildman–Crippen LogP) is 2.91. The number of anilines is 1. The number of guanidine groups is 1. The summed E-state index contributed by atoms with van der Waals surface area (Å²) in [7, 11) is 3.42. The SMILES string of the molecule is CN=C(NCCCCNc1ccccn1)NCC(C)Oc1cccc(OC)c1. The number of unbranched alkanes of at least 4 members (excludes halogenated alkanes) is 1. The Labute approximate surface area is 167 Å². The predicted molar refractivity (Wildman–Crippen MR) is 114 cm³/mol. The molecule has 2 rings (SSSR count). The van der Waals surface area contributed by atoms with Gasteiger partial charge in [0.25, 0.3) is 0 Å². The topological polar surface area (TPSA) is 79.8 Å². The van der Waals surface area contributed by atoms with E-state index < -0.39 is 0 Å². The van der Waals surface area contributed by atoms with E-state index in [1.165, 1.54) is 0 Å². The number of benzene rings is 1. The molecule has 28 heavy (non-hydrogen) atoms. The van der Waals surface area contributed by atoms with Crippen LogP contribution >= 0.6 is 0 Å². The second-order valence-corrected chi connectivity index (χ2v) is 6.34. The number of nitrogens with one attached hydrogen (secondary N) is 3. The van der Waals surface area contributed by atoms with Gasteiger partial charge in [-0.2, -0.15) is 0 Å². The summed E-state index contributed by atoms with van der Waals surface area (Å²) in [5.74, 6) is 3.27. The van der Waals surface area contributed by atoms with E-state index in [2.05, 4.69) is 25.9 Å². The van der Waals surface area contributed by atoms with Gasteiger partial charge in [-0.25, -0.2) is 4.98 Å². The maximum Gasteiger partial charge on any atom is 0.191 e. The largest absolute Gasteiger partial charge is 0.497 e. The number of methoxy groups -OCH3 is 1. The maximum absolute atomic E-state index is 5.91. The minimum absolute atomic E-state index is 0.00627. The number of ether oxygens (including phenoxy) is 2. The van der Waals surface area contributed by atoms with E-state index in [4.69, 9.17) is 9.47 Å². The van der Waals surface area contributed by atoms with E-state index in [0.717, 1.165) is 49.2 Å². The van der Waals surface area contributed by atoms with Crippen molar-refractivity contribution >= 4 is 11.8 Å². The maximum atomic E-state index is 5.91. The molecule has 0 aliphatic rings. The molecule has 0 radical (unpaired) electrons. The van der Waals surface area contributed by atoms with Crippen molar-refractivity contribution in [3.8, 4) is 11.5 Å². The Morgan fingerprint density at radius 1 is 1.07 bits per heavy atom. The third-order valence-electron chi connectivity index (χ3n) is 4.03. The van der Waals surface area contributed by atoms with Gasteiger partial charge >= 0.3 is 0 Å². The molecule has 7 heteroatoms. The quantitative estimate of drug-likeness (QED) is 0.314. The molecule has 0 aliphatic heterocycles. The summed E-state index contributed by atoms with van der Waals surface area (Å²) in [4.78, 5) is 8.50. The van der Waals surface area contributed by atoms with E-state index in [9.17, 15) is 0 Å². The van der Waals surface area contributed by atoms with Gasteiger partial charge in [-0.3, -0.25) is 4.99 Å². The van der Waals surface area contributed by atoms with E-state index in [1.807, 2.05) is 49.4 Å². The number of aliphatic imine (C=N–C) groups is 1. The summed E-state index contributed by atoms with van der Waals surface area (Å²) in [5, 5.41) is 9.93. The smallest absolute Gasteiger partial charge is 0.191 e. The summed E-state index contributed by atoms with van der Waals surface area (Å²) in [6, 6.07) is 13.5. The standard InChI is InChI=1S/C21H31N5O2/c1-17(28-19-10-8-9-18(15-19)27-3)16-26-21(22-2)25-14-7-6-13-24-20-11-4-5-12-23-20/h4-5,8-12,15,17H,6-7,13-14,16H2,1-3H3,(H,23,24)(H2,22,25,26). The molecule has 0 aliphatic carbocycles. The molecule has 0 fully saturated rings. The minimum Gasteiger partial charge on any atom is -0.497 e. The van der Waals surface area contributed by atoms with Crippen molar-refractivity contribution in [2.24, 2.45) is 4.99 Å². The van der Waals surface area contributed by atoms with Crippen LogP contribution in [0.15, 0.2) is 53.7 Å². The Morgan fingerprint density at radius 3 is 2.64 bits per heavy atom. The first-order valence-electron chi connectivity index (χ1n) is 9.61. The highest BCUT2D eigenvalue weighted by Crippen LogP contribution is 2.19. The fourth-order valence-electron chi connectivity index (χ4n) is 2.55. The fraction of sp³-hybridized carbons (Fsp3) is 0.429. The first kappa shape index (κ1) is 21.3. The lowest BCUT2D eigenvalue weighted by molar-refractivity contribution is 0.223. The Morgan fingerprint density at radius 2 is 1.89 bits per heavy atom. The second kappa shape index (κ2) is 12.4. The molecule has 0 saturated carbocycles. The fourth-order valence-corrected chi connectivity index (χ4v) is 2.55. The third kappa shape index (κ3) is 8.16. The second-order valence-electron chi connectivity index (χ2n) is 6.34. The van der Waals surface area contributed by atoms with Gasteiger partial charge in [0.15, 0.2) is 5.96 Å². The van der Waals surface area contributed by atoms with Crippen LogP contribution in [0.2, 0.25) is 0 Å². The van der Waals surface area contributed by atoms with E-state index in [-0.39, 0.29) is 6.10 Å². The normalized spacial score (nSPS) is 12.2. The number of aromatic nitrogens is 1. The molecule has 0 saturated heterocycles. The van der Waals surface area contributed by atoms with Crippen LogP contribution in [0, 0.1) is 0 Å². The van der Waals surface area contributed by atoms with Crippen molar-refractivity contribution in [2.75, 3.05) is 39.1 Å². The van der Waals surface area contributed by atoms with Crippen LogP contribution in [0.25, 0.3) is 0 Å². The lowest BCUT2D eigenvalue weighted by Crippen LogP contribution is -2.42. The van der Waals surface area contributed by atoms with Crippen LogP contribution < -0.4 is 25.4 Å². The van der Waals surface area contributed by atoms with E-state index in [0.29, 0.717) is 6.54 Å². The highest BCUT2D eigenvalue weighted by atomic mass is 16.5. The number of hydrogen-bond acceptors (Lipinski definition) is 5. The van der Waals surface area contributed by atoms with E-state index >= 15 is 0 Å². The number of nitrogens with zero attached hydrogens (tertiary/aromatic N) is 2. The van der Waals surface area contributed by atoms with Crippen LogP contribution in [0.5, 0.6) is 11.5 Å². The lowest BCUT2D eigenvalue weighted by atomic mass is 10.3. The summed E-state index contributed by atoms with van der Waals surface area (Å²) < 4.78 is 11.1. The molecule has 2 aromatic rings. The van der Waals surface area contributed by atoms with Crippen LogP contribution in [0.3, 0.4) is 0 Å². The van der Waals surface area contributed by atoms with Crippen LogP contribution in [0.4, 0.5) is 5.82 Å². The summed E-state index contributed by atoms with van der Waals surface area (Å²) in [6.45, 7) is 4.42. The van der Waals surface area contributed by atoms with Gasteiger partial charge in [0.2, 0.25) is 0 Å². The zero-order valence-corrected chi connectivity index (χ0v) is 16.9. The molecule has 1 atom stereocenters. The molecule has 0 amide bonds. The van der Waals surface area contributed by atoms with Crippen molar-refractivity contribution in [1.82, 2.24) is 15.6 Å². The van der Waals surface area contributed by atoms with Crippen molar-refractivity contribution in [2.45, 2.75) is 25.9 Å². The van der Waals surface area contributed by atoms with Crippen LogP contribution in [-0.4, -0.2) is 50.8 Å². The first-order chi connectivity index (χ1) is 13.7. The highest BCUT2D eigenvalue weighted by Gasteiger charge is 2.06.